The molecule has 3 N–H and O–H groups in total. The molecule has 0 aromatic rings. The molecular formula is C15H17N3O6. The number of hydrogen-bond acceptors (Lipinski definition) is 7. The van der Waals surface area contributed by atoms with Gasteiger partial charge in [-0.3, -0.25) is 9.59 Å². The van der Waals surface area contributed by atoms with E-state index < -0.39 is 17.8 Å². The number of hydrogen-bond donors (Lipinski definition) is 3. The van der Waals surface area contributed by atoms with Crippen LogP contribution < -0.4 is 16.0 Å². The first-order chi connectivity index (χ1) is 11.4. The van der Waals surface area contributed by atoms with Crippen LogP contribution in [-0.2, 0) is 28.7 Å². The fourth-order valence-electron chi connectivity index (χ4n) is 1.96. The van der Waals surface area contributed by atoms with E-state index in [0.29, 0.717) is 18.8 Å². The second kappa shape index (κ2) is 7.95. The zero-order valence-corrected chi connectivity index (χ0v) is 12.8. The van der Waals surface area contributed by atoms with Crippen LogP contribution in [0, 0.1) is 5.92 Å². The lowest BCUT2D eigenvalue weighted by atomic mass is 10.1. The molecule has 0 aromatic heterocycles. The molecule has 1 atom stereocenters. The van der Waals surface area contributed by atoms with Gasteiger partial charge in [-0.25, -0.2) is 9.59 Å². The summed E-state index contributed by atoms with van der Waals surface area (Å²) < 4.78 is 9.77. The van der Waals surface area contributed by atoms with Crippen LogP contribution in [0.2, 0.25) is 0 Å². The third kappa shape index (κ3) is 5.27. The summed E-state index contributed by atoms with van der Waals surface area (Å²) in [5, 5.41) is 7.73. The lowest BCUT2D eigenvalue weighted by Gasteiger charge is -2.16. The lowest BCUT2D eigenvalue weighted by Crippen LogP contribution is -2.36. The van der Waals surface area contributed by atoms with E-state index in [2.05, 4.69) is 22.5 Å². The number of ether oxygens (including phenoxy) is 2. The topological polar surface area (TPSA) is 123 Å². The summed E-state index contributed by atoms with van der Waals surface area (Å²) in [6, 6.07) is 0. The summed E-state index contributed by atoms with van der Waals surface area (Å²) in [5.41, 5.74) is 0.213. The summed E-state index contributed by atoms with van der Waals surface area (Å²) >= 11 is 0. The Kier molecular flexibility index (Phi) is 5.72. The highest BCUT2D eigenvalue weighted by atomic mass is 16.5. The average molecular weight is 335 g/mol. The number of esters is 2. The number of rotatable bonds is 6. The van der Waals surface area contributed by atoms with Crippen LogP contribution in [-0.4, -0.2) is 43.5 Å². The molecule has 0 spiro atoms. The van der Waals surface area contributed by atoms with Gasteiger partial charge in [-0.2, -0.15) is 0 Å². The molecule has 0 aromatic carbocycles. The standard InChI is InChI=1S/C15H17N3O6/c1-9-16-6-11(15(22)18-9)8-24-14(21)3-2-13(20)23-7-10-4-12(19)17-5-10/h2-3,6,10,16H,1,4-5,7-8H2,(H,17,19)(H,18,22). The van der Waals surface area contributed by atoms with Gasteiger partial charge in [0.1, 0.15) is 12.4 Å². The molecule has 1 unspecified atom stereocenters. The van der Waals surface area contributed by atoms with E-state index >= 15 is 0 Å². The maximum absolute atomic E-state index is 11.5. The van der Waals surface area contributed by atoms with Crippen LogP contribution in [0.3, 0.4) is 0 Å². The SMILES string of the molecule is C=C1NC=C(COC(=O)C=CC(=O)OCC2CNC(=O)C2)C(=O)N1. The second-order valence-corrected chi connectivity index (χ2v) is 5.19. The first-order valence-electron chi connectivity index (χ1n) is 7.18. The Hall–Kier alpha value is -3.10. The third-order valence-electron chi connectivity index (χ3n) is 3.23. The minimum absolute atomic E-state index is 0.0548. The van der Waals surface area contributed by atoms with E-state index in [1.54, 1.807) is 0 Å². The van der Waals surface area contributed by atoms with Crippen molar-refractivity contribution in [2.45, 2.75) is 6.42 Å². The first-order valence-corrected chi connectivity index (χ1v) is 7.18. The van der Waals surface area contributed by atoms with E-state index in [1.807, 2.05) is 0 Å². The van der Waals surface area contributed by atoms with Crippen LogP contribution in [0.5, 0.6) is 0 Å². The predicted molar refractivity (Wildman–Crippen MR) is 80.7 cm³/mol. The van der Waals surface area contributed by atoms with Gasteiger partial charge < -0.3 is 25.4 Å². The van der Waals surface area contributed by atoms with Gasteiger partial charge in [-0.1, -0.05) is 6.58 Å². The van der Waals surface area contributed by atoms with Crippen molar-refractivity contribution < 1.29 is 28.7 Å². The molecule has 1 fully saturated rings. The van der Waals surface area contributed by atoms with E-state index in [0.717, 1.165) is 12.2 Å². The first kappa shape index (κ1) is 17.3. The summed E-state index contributed by atoms with van der Waals surface area (Å²) in [7, 11) is 0. The van der Waals surface area contributed by atoms with Crippen molar-refractivity contribution in [2.24, 2.45) is 5.92 Å². The van der Waals surface area contributed by atoms with Crippen molar-refractivity contribution in [3.05, 3.63) is 36.3 Å². The van der Waals surface area contributed by atoms with E-state index in [9.17, 15) is 19.2 Å². The number of carbonyl (C=O) groups is 4. The maximum Gasteiger partial charge on any atom is 0.331 e. The minimum Gasteiger partial charge on any atom is -0.462 e. The number of carbonyl (C=O) groups excluding carboxylic acids is 4. The van der Waals surface area contributed by atoms with Crippen LogP contribution >= 0.6 is 0 Å². The van der Waals surface area contributed by atoms with Crippen molar-refractivity contribution in [2.75, 3.05) is 19.8 Å². The Bertz CT molecular complexity index is 637. The third-order valence-corrected chi connectivity index (χ3v) is 3.23. The molecule has 0 saturated carbocycles. The summed E-state index contributed by atoms with van der Waals surface area (Å²) in [6.07, 6.45) is 3.54. The molecule has 24 heavy (non-hydrogen) atoms. The van der Waals surface area contributed by atoms with E-state index in [4.69, 9.17) is 9.47 Å². The molecule has 1 saturated heterocycles. The molecule has 128 valence electrons. The molecule has 0 radical (unpaired) electrons. The smallest absolute Gasteiger partial charge is 0.331 e. The van der Waals surface area contributed by atoms with Gasteiger partial charge in [0.15, 0.2) is 0 Å². The largest absolute Gasteiger partial charge is 0.462 e. The molecule has 0 bridgehead atoms. The van der Waals surface area contributed by atoms with Crippen molar-refractivity contribution in [3.63, 3.8) is 0 Å². The van der Waals surface area contributed by atoms with Gasteiger partial charge >= 0.3 is 11.9 Å². The Morgan fingerprint density at radius 2 is 1.96 bits per heavy atom. The number of nitrogens with one attached hydrogen (secondary N) is 3. The van der Waals surface area contributed by atoms with Crippen LogP contribution in [0.4, 0.5) is 0 Å². The highest BCUT2D eigenvalue weighted by Gasteiger charge is 2.22. The normalized spacial score (nSPS) is 20.1. The Balaban J connectivity index is 1.68. The number of amides is 2. The maximum atomic E-state index is 11.5. The zero-order chi connectivity index (χ0) is 17.5. The zero-order valence-electron chi connectivity index (χ0n) is 12.8. The van der Waals surface area contributed by atoms with Gasteiger partial charge in [0.05, 0.1) is 12.2 Å². The van der Waals surface area contributed by atoms with Gasteiger partial charge in [-0.15, -0.1) is 0 Å². The van der Waals surface area contributed by atoms with Crippen molar-refractivity contribution in [1.29, 1.82) is 0 Å². The molecule has 9 nitrogen and oxygen atoms in total. The molecule has 2 aliphatic rings. The highest BCUT2D eigenvalue weighted by Crippen LogP contribution is 2.09. The monoisotopic (exact) mass is 335 g/mol. The molecule has 2 aliphatic heterocycles. The van der Waals surface area contributed by atoms with Crippen molar-refractivity contribution >= 4 is 23.8 Å². The average Bonchev–Trinajstić information content (AvgIpc) is 2.95. The predicted octanol–water partition coefficient (Wildman–Crippen LogP) is -1.16. The fourth-order valence-corrected chi connectivity index (χ4v) is 1.96. The Labute approximate surface area is 137 Å². The molecule has 0 aliphatic carbocycles. The summed E-state index contributed by atoms with van der Waals surface area (Å²) in [6.45, 7) is 3.83. The van der Waals surface area contributed by atoms with Gasteiger partial charge in [0.25, 0.3) is 5.91 Å². The van der Waals surface area contributed by atoms with Crippen LogP contribution in [0.1, 0.15) is 6.42 Å². The molecule has 9 heteroatoms. The van der Waals surface area contributed by atoms with Crippen LogP contribution in [0.15, 0.2) is 36.3 Å². The summed E-state index contributed by atoms with van der Waals surface area (Å²) in [4.78, 5) is 45.5. The Morgan fingerprint density at radius 3 is 2.58 bits per heavy atom. The van der Waals surface area contributed by atoms with Gasteiger partial charge in [0, 0.05) is 37.2 Å². The quantitative estimate of drug-likeness (QED) is 0.413. The minimum atomic E-state index is -0.789. The van der Waals surface area contributed by atoms with Gasteiger partial charge in [-0.05, 0) is 0 Å². The van der Waals surface area contributed by atoms with Crippen LogP contribution in [0.25, 0.3) is 0 Å². The van der Waals surface area contributed by atoms with E-state index in [-0.39, 0.29) is 30.6 Å². The molecule has 2 heterocycles. The molecular weight excluding hydrogens is 318 g/mol. The van der Waals surface area contributed by atoms with E-state index in [1.165, 1.54) is 6.20 Å². The molecule has 2 rings (SSSR count). The van der Waals surface area contributed by atoms with Crippen molar-refractivity contribution in [3.8, 4) is 0 Å². The highest BCUT2D eigenvalue weighted by molar-refractivity contribution is 5.96. The lowest BCUT2D eigenvalue weighted by molar-refractivity contribution is -0.141. The Morgan fingerprint density at radius 1 is 1.25 bits per heavy atom. The second-order valence-electron chi connectivity index (χ2n) is 5.19. The molecule has 2 amide bonds. The van der Waals surface area contributed by atoms with Gasteiger partial charge in [0.2, 0.25) is 5.91 Å². The summed E-state index contributed by atoms with van der Waals surface area (Å²) in [5.74, 6) is -1.72. The fraction of sp³-hybridized carbons (Fsp3) is 0.333. The van der Waals surface area contributed by atoms with Crippen molar-refractivity contribution in [1.82, 2.24) is 16.0 Å².